The largest absolute Gasteiger partial charge is 0.460 e. The van der Waals surface area contributed by atoms with Crippen LogP contribution in [0.3, 0.4) is 0 Å². The number of nitrogens with zero attached hydrogens (tertiary/aromatic N) is 3. The zero-order valence-corrected chi connectivity index (χ0v) is 26.8. The van der Waals surface area contributed by atoms with Crippen molar-refractivity contribution in [3.05, 3.63) is 0 Å². The van der Waals surface area contributed by atoms with Gasteiger partial charge < -0.3 is 30.1 Å². The molecule has 11 heteroatoms. The summed E-state index contributed by atoms with van der Waals surface area (Å²) in [5.41, 5.74) is -1.80. The first-order chi connectivity index (χ1) is 19.7. The fourth-order valence-electron chi connectivity index (χ4n) is 6.58. The Kier molecular flexibility index (Phi) is 11.4. The van der Waals surface area contributed by atoms with Gasteiger partial charge in [-0.1, -0.05) is 26.7 Å². The van der Waals surface area contributed by atoms with Crippen molar-refractivity contribution < 1.29 is 28.7 Å². The minimum absolute atomic E-state index is 0.176. The first-order valence-electron chi connectivity index (χ1n) is 15.8. The Balaban J connectivity index is 1.85. The number of amides is 4. The number of likely N-dealkylation sites (N-methyl/N-ethyl adjacent to an activating group) is 2. The summed E-state index contributed by atoms with van der Waals surface area (Å²) in [6, 6.07) is -2.26. The fraction of sp³-hybridized carbons (Fsp3) is 0.839. The number of nitrogens with one attached hydrogen (secondary N) is 2. The molecule has 2 heterocycles. The van der Waals surface area contributed by atoms with Crippen LogP contribution in [0.4, 0.5) is 0 Å². The number of piperidine rings is 1. The number of esters is 1. The number of carbonyl (C=O) groups excluding carboxylic acids is 5. The van der Waals surface area contributed by atoms with Crippen LogP contribution in [0.5, 0.6) is 0 Å². The first kappa shape index (κ1) is 33.8. The lowest BCUT2D eigenvalue weighted by molar-refractivity contribution is -0.162. The molecule has 3 fully saturated rings. The molecule has 0 radical (unpaired) electrons. The predicted molar refractivity (Wildman–Crippen MR) is 159 cm³/mol. The van der Waals surface area contributed by atoms with Gasteiger partial charge in [0.1, 0.15) is 23.2 Å². The number of hydrogen-bond acceptors (Lipinski definition) is 7. The van der Waals surface area contributed by atoms with Crippen molar-refractivity contribution in [3.8, 4) is 0 Å². The molecular formula is C31H53N5O6. The van der Waals surface area contributed by atoms with E-state index in [0.717, 1.165) is 51.5 Å². The number of hydrogen-bond donors (Lipinski definition) is 2. The van der Waals surface area contributed by atoms with Gasteiger partial charge in [-0.15, -0.1) is 0 Å². The van der Waals surface area contributed by atoms with Crippen LogP contribution in [0, 0.1) is 5.92 Å². The summed E-state index contributed by atoms with van der Waals surface area (Å²) < 4.78 is 5.53. The highest BCUT2D eigenvalue weighted by atomic mass is 16.6. The molecule has 238 valence electrons. The maximum absolute atomic E-state index is 14.2. The van der Waals surface area contributed by atoms with E-state index in [0.29, 0.717) is 25.9 Å². The lowest BCUT2D eigenvalue weighted by Crippen LogP contribution is -2.64. The highest BCUT2D eigenvalue weighted by Gasteiger charge is 2.48. The molecule has 2 aliphatic heterocycles. The van der Waals surface area contributed by atoms with E-state index < -0.39 is 35.1 Å². The monoisotopic (exact) mass is 591 g/mol. The molecule has 0 aromatic rings. The van der Waals surface area contributed by atoms with Gasteiger partial charge in [-0.3, -0.25) is 24.0 Å². The number of carbonyl (C=O) groups is 5. The second-order valence-corrected chi connectivity index (χ2v) is 13.7. The van der Waals surface area contributed by atoms with Crippen LogP contribution in [0.1, 0.15) is 98.8 Å². The molecule has 3 rings (SSSR count). The quantitative estimate of drug-likeness (QED) is 0.373. The van der Waals surface area contributed by atoms with Crippen LogP contribution in [0.2, 0.25) is 0 Å². The molecule has 2 N–H and O–H groups in total. The average molecular weight is 592 g/mol. The van der Waals surface area contributed by atoms with E-state index in [1.807, 2.05) is 13.8 Å². The minimum atomic E-state index is -1.07. The summed E-state index contributed by atoms with van der Waals surface area (Å²) in [4.78, 5) is 72.6. The second kappa shape index (κ2) is 14.2. The Morgan fingerprint density at radius 1 is 0.952 bits per heavy atom. The van der Waals surface area contributed by atoms with Gasteiger partial charge in [0.05, 0.1) is 12.5 Å². The molecule has 3 aliphatic rings. The van der Waals surface area contributed by atoms with Crippen molar-refractivity contribution in [2.24, 2.45) is 5.92 Å². The van der Waals surface area contributed by atoms with E-state index in [1.54, 1.807) is 32.7 Å². The molecule has 11 nitrogen and oxygen atoms in total. The summed E-state index contributed by atoms with van der Waals surface area (Å²) in [5, 5.41) is 6.27. The van der Waals surface area contributed by atoms with Crippen molar-refractivity contribution in [2.75, 3.05) is 33.7 Å². The van der Waals surface area contributed by atoms with Gasteiger partial charge >= 0.3 is 5.97 Å². The summed E-state index contributed by atoms with van der Waals surface area (Å²) in [7, 11) is 3.14. The first-order valence-corrected chi connectivity index (χ1v) is 15.8. The molecule has 0 unspecified atom stereocenters. The van der Waals surface area contributed by atoms with Crippen molar-refractivity contribution in [3.63, 3.8) is 0 Å². The van der Waals surface area contributed by atoms with Crippen molar-refractivity contribution in [1.82, 2.24) is 25.3 Å². The van der Waals surface area contributed by atoms with Crippen LogP contribution in [-0.4, -0.2) is 107 Å². The van der Waals surface area contributed by atoms with Gasteiger partial charge in [-0.2, -0.15) is 0 Å². The number of ether oxygens (including phenoxy) is 1. The Bertz CT molecular complexity index is 990. The van der Waals surface area contributed by atoms with Gasteiger partial charge in [0, 0.05) is 27.2 Å². The Morgan fingerprint density at radius 3 is 2.10 bits per heavy atom. The zero-order valence-electron chi connectivity index (χ0n) is 26.8. The molecular weight excluding hydrogens is 538 g/mol. The molecule has 0 bridgehead atoms. The lowest BCUT2D eigenvalue weighted by Gasteiger charge is -2.41. The maximum Gasteiger partial charge on any atom is 0.308 e. The third-order valence-electron chi connectivity index (χ3n) is 8.78. The Morgan fingerprint density at radius 2 is 1.57 bits per heavy atom. The number of rotatable bonds is 10. The normalized spacial score (nSPS) is 21.9. The molecule has 42 heavy (non-hydrogen) atoms. The van der Waals surface area contributed by atoms with Gasteiger partial charge in [0.2, 0.25) is 23.6 Å². The third-order valence-corrected chi connectivity index (χ3v) is 8.78. The maximum atomic E-state index is 14.2. The molecule has 0 aromatic heterocycles. The van der Waals surface area contributed by atoms with Crippen LogP contribution in [0.15, 0.2) is 0 Å². The van der Waals surface area contributed by atoms with E-state index in [-0.39, 0.29) is 36.1 Å². The van der Waals surface area contributed by atoms with Crippen LogP contribution in [-0.2, 0) is 28.7 Å². The lowest BCUT2D eigenvalue weighted by atomic mass is 9.91. The third kappa shape index (κ3) is 8.23. The van der Waals surface area contributed by atoms with Gasteiger partial charge in [0.15, 0.2) is 0 Å². The molecule has 4 amide bonds. The average Bonchev–Trinajstić information content (AvgIpc) is 3.63. The topological polar surface area (TPSA) is 128 Å². The Labute approximate surface area is 251 Å². The summed E-state index contributed by atoms with van der Waals surface area (Å²) >= 11 is 0. The molecule has 0 spiro atoms. The van der Waals surface area contributed by atoms with Gasteiger partial charge in [-0.25, -0.2) is 0 Å². The van der Waals surface area contributed by atoms with E-state index in [2.05, 4.69) is 10.6 Å². The summed E-state index contributed by atoms with van der Waals surface area (Å²) in [5.74, 6) is -2.01. The minimum Gasteiger partial charge on any atom is -0.460 e. The Hall–Kier alpha value is -2.69. The molecule has 3 atom stereocenters. The van der Waals surface area contributed by atoms with E-state index in [1.165, 1.54) is 16.8 Å². The van der Waals surface area contributed by atoms with Gasteiger partial charge in [-0.05, 0) is 78.2 Å². The molecule has 0 aromatic carbocycles. The van der Waals surface area contributed by atoms with Gasteiger partial charge in [0.25, 0.3) is 0 Å². The highest BCUT2D eigenvalue weighted by Crippen LogP contribution is 2.33. The van der Waals surface area contributed by atoms with Crippen molar-refractivity contribution in [2.45, 2.75) is 128 Å². The van der Waals surface area contributed by atoms with Crippen LogP contribution < -0.4 is 10.6 Å². The smallest absolute Gasteiger partial charge is 0.308 e. The highest BCUT2D eigenvalue weighted by molar-refractivity contribution is 5.97. The molecule has 1 aliphatic carbocycles. The predicted octanol–water partition coefficient (Wildman–Crippen LogP) is 2.22. The van der Waals surface area contributed by atoms with Crippen LogP contribution in [0.25, 0.3) is 0 Å². The SMILES string of the molecule is CC(C)[C@@H](C(=O)N(C)[C@@H](CC(=O)OC(C)(C)C)C(=O)N1CCCCC1)N(C)C(=O)C1(NC(=O)[C@@H]2CCCN2)CCCC1. The summed E-state index contributed by atoms with van der Waals surface area (Å²) in [6.07, 6.45) is 6.79. The standard InChI is InChI=1S/C31H53N5O6/c1-21(2)25(35(7)29(41)31(15-9-10-16-31)33-26(38)22-14-13-17-32-22)28(40)34(6)23(20-24(37)42-30(3,4)5)27(39)36-18-11-8-12-19-36/h21-23,25,32H,8-20H2,1-7H3,(H,33,38)/t22-,23-,25-/m0/s1. The number of likely N-dealkylation sites (tertiary alicyclic amines) is 1. The zero-order chi connectivity index (χ0) is 31.2. The van der Waals surface area contributed by atoms with E-state index in [4.69, 9.17) is 4.74 Å². The summed E-state index contributed by atoms with van der Waals surface area (Å²) in [6.45, 7) is 10.9. The molecule has 2 saturated heterocycles. The second-order valence-electron chi connectivity index (χ2n) is 13.7. The van der Waals surface area contributed by atoms with Crippen molar-refractivity contribution in [1.29, 1.82) is 0 Å². The van der Waals surface area contributed by atoms with Crippen molar-refractivity contribution >= 4 is 29.6 Å². The molecule has 1 saturated carbocycles. The van der Waals surface area contributed by atoms with E-state index in [9.17, 15) is 24.0 Å². The van der Waals surface area contributed by atoms with E-state index >= 15 is 0 Å². The fourth-order valence-corrected chi connectivity index (χ4v) is 6.58. The van der Waals surface area contributed by atoms with Crippen LogP contribution >= 0.6 is 0 Å².